The van der Waals surface area contributed by atoms with Crippen molar-refractivity contribution in [3.05, 3.63) is 76.3 Å². The van der Waals surface area contributed by atoms with Crippen LogP contribution in [0, 0.1) is 5.82 Å². The molecule has 37 heavy (non-hydrogen) atoms. The fraction of sp³-hybridized carbons (Fsp3) is 0.250. The summed E-state index contributed by atoms with van der Waals surface area (Å²) in [5, 5.41) is 13.3. The first-order valence-corrected chi connectivity index (χ1v) is 11.0. The van der Waals surface area contributed by atoms with Crippen molar-refractivity contribution in [3.8, 4) is 5.69 Å². The molecular formula is C24H22FN4NaO7. The number of hydrogen-bond donors (Lipinski definition) is 1. The minimum absolute atomic E-state index is 0. The molecule has 1 aliphatic rings. The Morgan fingerprint density at radius 2 is 1.84 bits per heavy atom. The summed E-state index contributed by atoms with van der Waals surface area (Å²) in [4.78, 5) is 49.8. The average molecular weight is 520 g/mol. The summed E-state index contributed by atoms with van der Waals surface area (Å²) >= 11 is 0. The van der Waals surface area contributed by atoms with Crippen molar-refractivity contribution in [2.45, 2.75) is 13.5 Å². The monoisotopic (exact) mass is 520 g/mol. The summed E-state index contributed by atoms with van der Waals surface area (Å²) in [6.07, 6.45) is 4.05. The third kappa shape index (κ3) is 6.79. The van der Waals surface area contributed by atoms with E-state index in [0.717, 1.165) is 4.57 Å². The van der Waals surface area contributed by atoms with Gasteiger partial charge in [-0.15, -0.1) is 0 Å². The zero-order valence-corrected chi connectivity index (χ0v) is 22.2. The molecule has 1 aromatic carbocycles. The van der Waals surface area contributed by atoms with Crippen LogP contribution in [-0.4, -0.2) is 53.4 Å². The van der Waals surface area contributed by atoms with Crippen LogP contribution in [-0.2, 0) is 16.1 Å². The molecule has 1 aliphatic heterocycles. The van der Waals surface area contributed by atoms with Crippen LogP contribution in [0.4, 0.5) is 10.1 Å². The molecule has 11 nitrogen and oxygen atoms in total. The van der Waals surface area contributed by atoms with Gasteiger partial charge in [0.15, 0.2) is 0 Å². The molecule has 188 valence electrons. The normalized spacial score (nSPS) is 13.5. The number of piperazine rings is 1. The largest absolute Gasteiger partial charge is 1.00 e. The molecule has 2 aromatic heterocycles. The van der Waals surface area contributed by atoms with Crippen LogP contribution < -0.4 is 50.6 Å². The maximum atomic E-state index is 14.9. The number of nitrogens with zero attached hydrogens (tertiary/aromatic N) is 3. The number of nitrogens with one attached hydrogen (secondary N) is 1. The Balaban J connectivity index is 0.00000380. The van der Waals surface area contributed by atoms with Gasteiger partial charge in [-0.3, -0.25) is 9.59 Å². The molecule has 0 aliphatic carbocycles. The fourth-order valence-corrected chi connectivity index (χ4v) is 3.74. The molecule has 1 N–H and O–H groups in total. The van der Waals surface area contributed by atoms with Crippen molar-refractivity contribution < 1.29 is 62.3 Å². The van der Waals surface area contributed by atoms with Gasteiger partial charge in [-0.25, -0.2) is 13.8 Å². The van der Waals surface area contributed by atoms with Gasteiger partial charge < -0.3 is 33.9 Å². The number of benzene rings is 1. The Morgan fingerprint density at radius 3 is 2.46 bits per heavy atom. The van der Waals surface area contributed by atoms with Crippen LogP contribution in [0.2, 0.25) is 0 Å². The SMILES string of the molecule is CC(=O)NCc1cn(-c2ccc(N3CCN(C(=O)C=Cc4ccc(C(=O)[O-])o4)CC3)c(F)c2)c(=O)o1.[Na+]. The number of carbonyl (C=O) groups excluding carboxylic acids is 3. The molecule has 0 saturated carbocycles. The predicted molar refractivity (Wildman–Crippen MR) is 123 cm³/mol. The maximum Gasteiger partial charge on any atom is 1.00 e. The number of hydrogen-bond acceptors (Lipinski definition) is 8. The molecule has 1 saturated heterocycles. The zero-order valence-electron chi connectivity index (χ0n) is 20.2. The summed E-state index contributed by atoms with van der Waals surface area (Å²) in [6.45, 7) is 2.85. The number of oxazole rings is 1. The van der Waals surface area contributed by atoms with Gasteiger partial charge in [0.05, 0.1) is 24.1 Å². The van der Waals surface area contributed by atoms with E-state index in [4.69, 9.17) is 8.83 Å². The Labute approximate surface area is 232 Å². The molecule has 1 fully saturated rings. The topological polar surface area (TPSA) is 141 Å². The second-order valence-electron chi connectivity index (χ2n) is 8.01. The molecule has 4 rings (SSSR count). The molecular weight excluding hydrogens is 498 g/mol. The van der Waals surface area contributed by atoms with E-state index in [1.165, 1.54) is 43.5 Å². The third-order valence-corrected chi connectivity index (χ3v) is 5.56. The Bertz CT molecular complexity index is 1390. The fourth-order valence-electron chi connectivity index (χ4n) is 3.74. The first kappa shape index (κ1) is 28.0. The number of aromatic carboxylic acids is 1. The standard InChI is InChI=1S/C24H23FN4O7.Na/c1-15(30)26-13-18-14-29(24(34)36-18)16-2-5-20(19(25)12-16)27-8-10-28(11-9-27)22(31)7-4-17-3-6-21(35-17)23(32)33;/h2-7,12,14H,8-11,13H2,1H3,(H,26,30)(H,32,33);/q;+1/p-1. The van der Waals surface area contributed by atoms with Crippen LogP contribution in [0.3, 0.4) is 0 Å². The third-order valence-electron chi connectivity index (χ3n) is 5.56. The minimum atomic E-state index is -1.44. The van der Waals surface area contributed by atoms with Crippen molar-refractivity contribution in [1.29, 1.82) is 0 Å². The van der Waals surface area contributed by atoms with E-state index < -0.39 is 17.5 Å². The minimum Gasteiger partial charge on any atom is -0.542 e. The summed E-state index contributed by atoms with van der Waals surface area (Å²) in [7, 11) is 0. The van der Waals surface area contributed by atoms with Gasteiger partial charge in [-0.2, -0.15) is 0 Å². The van der Waals surface area contributed by atoms with Crippen LogP contribution in [0.25, 0.3) is 11.8 Å². The molecule has 3 aromatic rings. The molecule has 3 heterocycles. The predicted octanol–water partition coefficient (Wildman–Crippen LogP) is -2.47. The van der Waals surface area contributed by atoms with E-state index in [0.29, 0.717) is 31.9 Å². The number of carbonyl (C=O) groups is 3. The first-order valence-electron chi connectivity index (χ1n) is 11.0. The molecule has 0 radical (unpaired) electrons. The molecule has 0 bridgehead atoms. The van der Waals surface area contributed by atoms with E-state index in [9.17, 15) is 28.7 Å². The van der Waals surface area contributed by atoms with Crippen molar-refractivity contribution in [2.75, 3.05) is 31.1 Å². The Kier molecular flexibility index (Phi) is 9.14. The first-order chi connectivity index (χ1) is 17.2. The molecule has 0 unspecified atom stereocenters. The van der Waals surface area contributed by atoms with Gasteiger partial charge in [0.25, 0.3) is 0 Å². The number of furan rings is 1. The molecule has 2 amide bonds. The van der Waals surface area contributed by atoms with E-state index >= 15 is 0 Å². The number of aromatic nitrogens is 1. The van der Waals surface area contributed by atoms with Gasteiger partial charge in [0.1, 0.15) is 29.1 Å². The number of amides is 2. The van der Waals surface area contributed by atoms with Gasteiger partial charge in [-0.05, 0) is 30.3 Å². The van der Waals surface area contributed by atoms with Crippen molar-refractivity contribution >= 4 is 29.5 Å². The molecule has 0 spiro atoms. The van der Waals surface area contributed by atoms with Crippen LogP contribution in [0.1, 0.15) is 29.0 Å². The summed E-state index contributed by atoms with van der Waals surface area (Å²) < 4.78 is 26.2. The summed E-state index contributed by atoms with van der Waals surface area (Å²) in [6, 6.07) is 7.02. The smallest absolute Gasteiger partial charge is 0.542 e. The zero-order chi connectivity index (χ0) is 25.8. The average Bonchev–Trinajstić information content (AvgIpc) is 3.48. The molecule has 0 atom stereocenters. The molecule has 13 heteroatoms. The Hall–Kier alpha value is -3.61. The van der Waals surface area contributed by atoms with E-state index in [2.05, 4.69) is 5.32 Å². The van der Waals surface area contributed by atoms with E-state index in [1.54, 1.807) is 21.9 Å². The number of anilines is 1. The van der Waals surface area contributed by atoms with Crippen molar-refractivity contribution in [3.63, 3.8) is 0 Å². The van der Waals surface area contributed by atoms with Gasteiger partial charge in [0.2, 0.25) is 11.8 Å². The number of carboxylic acid groups (broad SMARTS) is 1. The van der Waals surface area contributed by atoms with Crippen molar-refractivity contribution in [1.82, 2.24) is 14.8 Å². The van der Waals surface area contributed by atoms with Crippen LogP contribution >= 0.6 is 0 Å². The van der Waals surface area contributed by atoms with Crippen LogP contribution in [0.5, 0.6) is 0 Å². The van der Waals surface area contributed by atoms with Gasteiger partial charge >= 0.3 is 35.3 Å². The number of halogens is 1. The second-order valence-corrected chi connectivity index (χ2v) is 8.01. The van der Waals surface area contributed by atoms with E-state index in [-0.39, 0.29) is 70.9 Å². The quantitative estimate of drug-likeness (QED) is 0.267. The van der Waals surface area contributed by atoms with Gasteiger partial charge in [0, 0.05) is 45.2 Å². The number of carboxylic acids is 1. The Morgan fingerprint density at radius 1 is 1.11 bits per heavy atom. The van der Waals surface area contributed by atoms with Gasteiger partial charge in [-0.1, -0.05) is 0 Å². The summed E-state index contributed by atoms with van der Waals surface area (Å²) in [5.41, 5.74) is 0.611. The van der Waals surface area contributed by atoms with Crippen LogP contribution in [0.15, 0.2) is 56.2 Å². The number of rotatable bonds is 7. The summed E-state index contributed by atoms with van der Waals surface area (Å²) in [5.74, 6) is -3.12. The van der Waals surface area contributed by atoms with Crippen molar-refractivity contribution in [2.24, 2.45) is 0 Å². The van der Waals surface area contributed by atoms with E-state index in [1.807, 2.05) is 0 Å². The second kappa shape index (κ2) is 12.1. The maximum absolute atomic E-state index is 14.9.